The van der Waals surface area contributed by atoms with Gasteiger partial charge in [-0.15, -0.1) is 0 Å². The molecular formula is C7H14N2O2. The van der Waals surface area contributed by atoms with Gasteiger partial charge in [-0.25, -0.2) is 0 Å². The van der Waals surface area contributed by atoms with Gasteiger partial charge in [-0.05, 0) is 6.42 Å². The van der Waals surface area contributed by atoms with E-state index >= 15 is 0 Å². The summed E-state index contributed by atoms with van der Waals surface area (Å²) in [7, 11) is 0. The molecule has 11 heavy (non-hydrogen) atoms. The molecule has 1 heterocycles. The monoisotopic (exact) mass is 158 g/mol. The Balaban J connectivity index is 2.65. The van der Waals surface area contributed by atoms with E-state index in [2.05, 4.69) is 5.32 Å². The molecular weight excluding hydrogens is 144 g/mol. The molecule has 0 aromatic heterocycles. The first-order valence-corrected chi connectivity index (χ1v) is 3.84. The molecule has 0 radical (unpaired) electrons. The summed E-state index contributed by atoms with van der Waals surface area (Å²) in [5.74, 6) is -0.781. The Bertz CT molecular complexity index is 168. The molecule has 4 N–H and O–H groups in total. The van der Waals surface area contributed by atoms with Crippen LogP contribution in [0.15, 0.2) is 0 Å². The van der Waals surface area contributed by atoms with Crippen molar-refractivity contribution < 1.29 is 9.90 Å². The Morgan fingerprint density at radius 1 is 1.82 bits per heavy atom. The third kappa shape index (κ3) is 1.23. The van der Waals surface area contributed by atoms with Crippen LogP contribution in [0.1, 0.15) is 13.3 Å². The Hall–Kier alpha value is -0.610. The van der Waals surface area contributed by atoms with Crippen LogP contribution in [-0.4, -0.2) is 29.7 Å². The second kappa shape index (κ2) is 2.79. The van der Waals surface area contributed by atoms with Gasteiger partial charge in [0.15, 0.2) is 0 Å². The van der Waals surface area contributed by atoms with E-state index < -0.39 is 11.5 Å². The van der Waals surface area contributed by atoms with E-state index in [1.54, 1.807) is 0 Å². The van der Waals surface area contributed by atoms with Crippen molar-refractivity contribution >= 4 is 5.97 Å². The van der Waals surface area contributed by atoms with E-state index in [0.29, 0.717) is 6.42 Å². The topological polar surface area (TPSA) is 75.4 Å². The lowest BCUT2D eigenvalue weighted by molar-refractivity contribution is -0.146. The zero-order valence-corrected chi connectivity index (χ0v) is 6.63. The molecule has 1 aliphatic heterocycles. The lowest BCUT2D eigenvalue weighted by Crippen LogP contribution is -2.64. The maximum atomic E-state index is 10.7. The van der Waals surface area contributed by atoms with Gasteiger partial charge in [0, 0.05) is 19.0 Å². The number of rotatable bonds is 3. The molecule has 1 rings (SSSR count). The van der Waals surface area contributed by atoms with Crippen LogP contribution in [0.5, 0.6) is 0 Å². The number of nitrogens with two attached hydrogens (primary N) is 1. The molecule has 1 unspecified atom stereocenters. The van der Waals surface area contributed by atoms with Gasteiger partial charge in [-0.1, -0.05) is 6.92 Å². The zero-order chi connectivity index (χ0) is 8.48. The minimum atomic E-state index is -1.01. The van der Waals surface area contributed by atoms with Crippen molar-refractivity contribution in [3.63, 3.8) is 0 Å². The van der Waals surface area contributed by atoms with Gasteiger partial charge < -0.3 is 16.2 Å². The molecule has 1 atom stereocenters. The van der Waals surface area contributed by atoms with Crippen LogP contribution in [0.4, 0.5) is 0 Å². The van der Waals surface area contributed by atoms with Crippen molar-refractivity contribution in [2.24, 2.45) is 11.7 Å². The van der Waals surface area contributed by atoms with Gasteiger partial charge in [0.2, 0.25) is 0 Å². The van der Waals surface area contributed by atoms with Gasteiger partial charge in [-0.2, -0.15) is 0 Å². The average Bonchev–Trinajstić information content (AvgIpc) is 1.83. The second-order valence-electron chi connectivity index (χ2n) is 3.05. The maximum Gasteiger partial charge on any atom is 0.324 e. The van der Waals surface area contributed by atoms with Crippen LogP contribution in [-0.2, 0) is 4.79 Å². The highest BCUT2D eigenvalue weighted by molar-refractivity contribution is 5.79. The number of carboxylic acid groups (broad SMARTS) is 1. The van der Waals surface area contributed by atoms with E-state index in [9.17, 15) is 4.79 Å². The van der Waals surface area contributed by atoms with Gasteiger partial charge in [0.05, 0.1) is 0 Å². The first-order chi connectivity index (χ1) is 5.11. The van der Waals surface area contributed by atoms with E-state index in [1.165, 1.54) is 0 Å². The van der Waals surface area contributed by atoms with E-state index in [4.69, 9.17) is 10.8 Å². The highest BCUT2D eigenvalue weighted by atomic mass is 16.4. The minimum absolute atomic E-state index is 0.102. The second-order valence-corrected chi connectivity index (χ2v) is 3.05. The predicted molar refractivity (Wildman–Crippen MR) is 41.2 cm³/mol. The third-order valence-electron chi connectivity index (χ3n) is 2.49. The van der Waals surface area contributed by atoms with Gasteiger partial charge in [0.1, 0.15) is 5.54 Å². The molecule has 0 spiro atoms. The number of hydrogen-bond acceptors (Lipinski definition) is 3. The Morgan fingerprint density at radius 3 is 2.45 bits per heavy atom. The summed E-state index contributed by atoms with van der Waals surface area (Å²) in [5.41, 5.74) is 4.70. The normalized spacial score (nSPS) is 23.8. The van der Waals surface area contributed by atoms with Crippen LogP contribution in [0.25, 0.3) is 0 Å². The summed E-state index contributed by atoms with van der Waals surface area (Å²) in [6.07, 6.45) is 0.495. The fraction of sp³-hybridized carbons (Fsp3) is 0.857. The Kier molecular flexibility index (Phi) is 2.15. The highest BCUT2D eigenvalue weighted by Gasteiger charge is 2.43. The van der Waals surface area contributed by atoms with Gasteiger partial charge >= 0.3 is 5.97 Å². The summed E-state index contributed by atoms with van der Waals surface area (Å²) in [4.78, 5) is 10.7. The lowest BCUT2D eigenvalue weighted by atomic mass is 9.79. The van der Waals surface area contributed by atoms with Crippen molar-refractivity contribution in [1.29, 1.82) is 0 Å². The summed E-state index contributed by atoms with van der Waals surface area (Å²) >= 11 is 0. The summed E-state index contributed by atoms with van der Waals surface area (Å²) in [6.45, 7) is 3.28. The van der Waals surface area contributed by atoms with E-state index in [0.717, 1.165) is 13.1 Å². The number of carbonyl (C=O) groups is 1. The number of hydrogen-bond donors (Lipinski definition) is 3. The van der Waals surface area contributed by atoms with Crippen LogP contribution in [0.3, 0.4) is 0 Å². The largest absolute Gasteiger partial charge is 0.480 e. The third-order valence-corrected chi connectivity index (χ3v) is 2.49. The molecule has 64 valence electrons. The fourth-order valence-corrected chi connectivity index (χ4v) is 1.27. The van der Waals surface area contributed by atoms with Crippen LogP contribution in [0, 0.1) is 5.92 Å². The van der Waals surface area contributed by atoms with Crippen molar-refractivity contribution in [2.75, 3.05) is 13.1 Å². The standard InChI is InChI=1S/C7H14N2O2/c1-2-7(8,6(10)11)5-3-9-4-5/h5,9H,2-4,8H2,1H3,(H,10,11). The quantitative estimate of drug-likeness (QED) is 0.512. The molecule has 0 amide bonds. The lowest BCUT2D eigenvalue weighted by Gasteiger charge is -2.39. The summed E-state index contributed by atoms with van der Waals surface area (Å²) in [5, 5.41) is 11.8. The Morgan fingerprint density at radius 2 is 2.36 bits per heavy atom. The molecule has 4 nitrogen and oxygen atoms in total. The molecule has 1 aliphatic rings. The van der Waals surface area contributed by atoms with Crippen LogP contribution >= 0.6 is 0 Å². The molecule has 1 saturated heterocycles. The average molecular weight is 158 g/mol. The highest BCUT2D eigenvalue weighted by Crippen LogP contribution is 2.22. The first-order valence-electron chi connectivity index (χ1n) is 3.84. The molecule has 0 aromatic rings. The Labute approximate surface area is 65.8 Å². The van der Waals surface area contributed by atoms with Crippen LogP contribution < -0.4 is 11.1 Å². The smallest absolute Gasteiger partial charge is 0.324 e. The van der Waals surface area contributed by atoms with E-state index in [-0.39, 0.29) is 5.92 Å². The van der Waals surface area contributed by atoms with Gasteiger partial charge in [0.25, 0.3) is 0 Å². The van der Waals surface area contributed by atoms with Crippen molar-refractivity contribution in [1.82, 2.24) is 5.32 Å². The van der Waals surface area contributed by atoms with Crippen LogP contribution in [0.2, 0.25) is 0 Å². The summed E-state index contributed by atoms with van der Waals surface area (Å²) in [6, 6.07) is 0. The van der Waals surface area contributed by atoms with Crippen molar-refractivity contribution in [2.45, 2.75) is 18.9 Å². The molecule has 4 heteroatoms. The van der Waals surface area contributed by atoms with Gasteiger partial charge in [-0.3, -0.25) is 4.79 Å². The predicted octanol–water partition coefficient (Wildman–Crippen LogP) is -0.602. The number of aliphatic carboxylic acids is 1. The molecule has 0 bridgehead atoms. The van der Waals surface area contributed by atoms with E-state index in [1.807, 2.05) is 6.92 Å². The summed E-state index contributed by atoms with van der Waals surface area (Å²) < 4.78 is 0. The first kappa shape index (κ1) is 8.49. The maximum absolute atomic E-state index is 10.7. The van der Waals surface area contributed by atoms with Crippen molar-refractivity contribution in [3.8, 4) is 0 Å². The SMILES string of the molecule is CCC(N)(C(=O)O)C1CNC1. The molecule has 0 saturated carbocycles. The minimum Gasteiger partial charge on any atom is -0.480 e. The molecule has 1 fully saturated rings. The molecule has 0 aromatic carbocycles. The zero-order valence-electron chi connectivity index (χ0n) is 6.63. The number of nitrogens with one attached hydrogen (secondary N) is 1. The fourth-order valence-electron chi connectivity index (χ4n) is 1.27. The number of carboxylic acids is 1. The van der Waals surface area contributed by atoms with Crippen molar-refractivity contribution in [3.05, 3.63) is 0 Å². The molecule has 0 aliphatic carbocycles.